The van der Waals surface area contributed by atoms with Gasteiger partial charge in [0.1, 0.15) is 0 Å². The van der Waals surface area contributed by atoms with E-state index in [1.807, 2.05) is 12.1 Å². The first-order chi connectivity index (χ1) is 8.11. The van der Waals surface area contributed by atoms with Crippen LogP contribution in [-0.4, -0.2) is 12.5 Å². The van der Waals surface area contributed by atoms with Gasteiger partial charge in [-0.05, 0) is 23.8 Å². The molecule has 3 nitrogen and oxygen atoms in total. The second-order valence-corrected chi connectivity index (χ2v) is 4.43. The van der Waals surface area contributed by atoms with E-state index in [1.165, 1.54) is 6.08 Å². The molecule has 1 amide bonds. The van der Waals surface area contributed by atoms with Gasteiger partial charge in [0, 0.05) is 17.1 Å². The Morgan fingerprint density at radius 2 is 2.35 bits per heavy atom. The van der Waals surface area contributed by atoms with Crippen molar-refractivity contribution in [1.82, 2.24) is 5.32 Å². The van der Waals surface area contributed by atoms with Crippen LogP contribution in [0.15, 0.2) is 41.4 Å². The fraction of sp³-hybridized carbons (Fsp3) is 0.0769. The molecular formula is C13H11BrN2O. The van der Waals surface area contributed by atoms with Crippen LogP contribution in [0.25, 0.3) is 6.08 Å². The molecule has 0 unspecified atom stereocenters. The molecule has 0 saturated carbocycles. The largest absolute Gasteiger partial charge is 0.348 e. The summed E-state index contributed by atoms with van der Waals surface area (Å²) in [5.74, 6) is -0.201. The summed E-state index contributed by atoms with van der Waals surface area (Å²) in [7, 11) is 0. The number of carbonyl (C=O) groups excluding carboxylic acids is 1. The van der Waals surface area contributed by atoms with E-state index < -0.39 is 0 Å². The van der Waals surface area contributed by atoms with Crippen LogP contribution in [0.5, 0.6) is 0 Å². The van der Waals surface area contributed by atoms with Crippen LogP contribution in [0.2, 0.25) is 0 Å². The third kappa shape index (κ3) is 5.14. The molecule has 86 valence electrons. The van der Waals surface area contributed by atoms with Gasteiger partial charge in [-0.3, -0.25) is 4.79 Å². The predicted octanol–water partition coefficient (Wildman–Crippen LogP) is 2.60. The fourth-order valence-corrected chi connectivity index (χ4v) is 1.27. The number of rotatable bonds is 4. The molecule has 0 aromatic heterocycles. The van der Waals surface area contributed by atoms with Gasteiger partial charge < -0.3 is 5.32 Å². The molecule has 1 rings (SSSR count). The van der Waals surface area contributed by atoms with Crippen molar-refractivity contribution in [1.29, 1.82) is 5.26 Å². The maximum absolute atomic E-state index is 11.4. The maximum Gasteiger partial charge on any atom is 0.244 e. The standard InChI is InChI=1S/C13H11BrN2O/c1-10(14)9-16-13(17)6-5-11-3-2-4-12(7-11)8-15/h2-7H,1,9H2,(H,16,17)/b6-5+. The number of nitriles is 1. The van der Waals surface area contributed by atoms with Gasteiger partial charge in [-0.25, -0.2) is 0 Å². The molecule has 0 heterocycles. The molecular weight excluding hydrogens is 280 g/mol. The number of hydrogen-bond acceptors (Lipinski definition) is 2. The first-order valence-electron chi connectivity index (χ1n) is 4.91. The molecule has 0 aliphatic carbocycles. The quantitative estimate of drug-likeness (QED) is 0.867. The molecule has 1 aromatic carbocycles. The van der Waals surface area contributed by atoms with Gasteiger partial charge in [0.05, 0.1) is 11.6 Å². The first kappa shape index (κ1) is 13.2. The lowest BCUT2D eigenvalue weighted by Crippen LogP contribution is -2.21. The highest BCUT2D eigenvalue weighted by Gasteiger charge is 1.96. The lowest BCUT2D eigenvalue weighted by Gasteiger charge is -1.99. The minimum absolute atomic E-state index is 0.201. The number of amides is 1. The monoisotopic (exact) mass is 290 g/mol. The Morgan fingerprint density at radius 3 is 3.00 bits per heavy atom. The number of halogens is 1. The fourth-order valence-electron chi connectivity index (χ4n) is 1.13. The average molecular weight is 291 g/mol. The van der Waals surface area contributed by atoms with E-state index in [0.717, 1.165) is 5.56 Å². The van der Waals surface area contributed by atoms with Gasteiger partial charge in [0.15, 0.2) is 0 Å². The van der Waals surface area contributed by atoms with Gasteiger partial charge >= 0.3 is 0 Å². The van der Waals surface area contributed by atoms with Gasteiger partial charge in [-0.15, -0.1) is 0 Å². The lowest BCUT2D eigenvalue weighted by atomic mass is 10.1. The van der Waals surface area contributed by atoms with Crippen LogP contribution in [0, 0.1) is 11.3 Å². The van der Waals surface area contributed by atoms with Crippen molar-refractivity contribution in [3.05, 3.63) is 52.5 Å². The van der Waals surface area contributed by atoms with Gasteiger partial charge in [0.2, 0.25) is 5.91 Å². The van der Waals surface area contributed by atoms with E-state index in [1.54, 1.807) is 24.3 Å². The van der Waals surface area contributed by atoms with E-state index in [9.17, 15) is 4.79 Å². The van der Waals surface area contributed by atoms with Crippen molar-refractivity contribution in [3.63, 3.8) is 0 Å². The highest BCUT2D eigenvalue weighted by molar-refractivity contribution is 9.11. The van der Waals surface area contributed by atoms with Crippen LogP contribution in [0.3, 0.4) is 0 Å². The van der Waals surface area contributed by atoms with Crippen molar-refractivity contribution in [2.75, 3.05) is 6.54 Å². The van der Waals surface area contributed by atoms with Crippen LogP contribution < -0.4 is 5.32 Å². The Hall–Kier alpha value is -1.86. The minimum Gasteiger partial charge on any atom is -0.348 e. The van der Waals surface area contributed by atoms with Crippen molar-refractivity contribution in [2.45, 2.75) is 0 Å². The smallest absolute Gasteiger partial charge is 0.244 e. The van der Waals surface area contributed by atoms with E-state index in [0.29, 0.717) is 16.6 Å². The van der Waals surface area contributed by atoms with E-state index >= 15 is 0 Å². The second kappa shape index (κ2) is 6.66. The van der Waals surface area contributed by atoms with Crippen molar-refractivity contribution in [2.24, 2.45) is 0 Å². The normalized spacial score (nSPS) is 9.88. The molecule has 0 atom stereocenters. The third-order valence-electron chi connectivity index (χ3n) is 1.90. The molecule has 0 bridgehead atoms. The number of nitrogens with zero attached hydrogens (tertiary/aromatic N) is 1. The predicted molar refractivity (Wildman–Crippen MR) is 71.3 cm³/mol. The molecule has 0 radical (unpaired) electrons. The van der Waals surface area contributed by atoms with Gasteiger partial charge in [0.25, 0.3) is 0 Å². The topological polar surface area (TPSA) is 52.9 Å². The van der Waals surface area contributed by atoms with E-state index in [4.69, 9.17) is 5.26 Å². The van der Waals surface area contributed by atoms with Crippen LogP contribution in [0.4, 0.5) is 0 Å². The van der Waals surface area contributed by atoms with E-state index in [-0.39, 0.29) is 5.91 Å². The number of nitrogens with one attached hydrogen (secondary N) is 1. The molecule has 0 aliphatic heterocycles. The van der Waals surface area contributed by atoms with Gasteiger partial charge in [-0.1, -0.05) is 34.6 Å². The number of benzene rings is 1. The summed E-state index contributed by atoms with van der Waals surface area (Å²) in [5, 5.41) is 11.4. The Kier molecular flexibility index (Phi) is 5.18. The average Bonchev–Trinajstić information content (AvgIpc) is 2.34. The van der Waals surface area contributed by atoms with Crippen LogP contribution >= 0.6 is 15.9 Å². The molecule has 4 heteroatoms. The summed E-state index contributed by atoms with van der Waals surface area (Å²) in [6.45, 7) is 4.00. The number of carbonyl (C=O) groups is 1. The van der Waals surface area contributed by atoms with Crippen molar-refractivity contribution < 1.29 is 4.79 Å². The summed E-state index contributed by atoms with van der Waals surface area (Å²) in [5.41, 5.74) is 1.39. The third-order valence-corrected chi connectivity index (χ3v) is 2.18. The zero-order chi connectivity index (χ0) is 12.7. The summed E-state index contributed by atoms with van der Waals surface area (Å²) in [4.78, 5) is 11.4. The highest BCUT2D eigenvalue weighted by atomic mass is 79.9. The maximum atomic E-state index is 11.4. The second-order valence-electron chi connectivity index (χ2n) is 3.31. The molecule has 0 spiro atoms. The summed E-state index contributed by atoms with van der Waals surface area (Å²) < 4.78 is 0.714. The Balaban J connectivity index is 2.61. The summed E-state index contributed by atoms with van der Waals surface area (Å²) in [6.07, 6.45) is 3.08. The zero-order valence-electron chi connectivity index (χ0n) is 9.11. The first-order valence-corrected chi connectivity index (χ1v) is 5.70. The number of hydrogen-bond donors (Lipinski definition) is 1. The lowest BCUT2D eigenvalue weighted by molar-refractivity contribution is -0.116. The van der Waals surface area contributed by atoms with E-state index in [2.05, 4.69) is 27.8 Å². The van der Waals surface area contributed by atoms with Crippen LogP contribution in [-0.2, 0) is 4.79 Å². The Morgan fingerprint density at radius 1 is 1.59 bits per heavy atom. The summed E-state index contributed by atoms with van der Waals surface area (Å²) >= 11 is 3.15. The Bertz CT molecular complexity index is 500. The molecule has 0 aliphatic rings. The molecule has 0 fully saturated rings. The van der Waals surface area contributed by atoms with Crippen LogP contribution in [0.1, 0.15) is 11.1 Å². The Labute approximate surface area is 109 Å². The van der Waals surface area contributed by atoms with Crippen molar-refractivity contribution >= 4 is 27.9 Å². The summed E-state index contributed by atoms with van der Waals surface area (Å²) in [6, 6.07) is 9.07. The minimum atomic E-state index is -0.201. The SMILES string of the molecule is C=C(Br)CNC(=O)/C=C/c1cccc(C#N)c1. The highest BCUT2D eigenvalue weighted by Crippen LogP contribution is 2.05. The molecule has 0 saturated heterocycles. The molecule has 1 N–H and O–H groups in total. The molecule has 1 aromatic rings. The molecule has 17 heavy (non-hydrogen) atoms. The van der Waals surface area contributed by atoms with Gasteiger partial charge in [-0.2, -0.15) is 5.26 Å². The van der Waals surface area contributed by atoms with Crippen molar-refractivity contribution in [3.8, 4) is 6.07 Å². The zero-order valence-corrected chi connectivity index (χ0v) is 10.7.